The summed E-state index contributed by atoms with van der Waals surface area (Å²) >= 11 is 0. The number of carbonyl (C=O) groups is 1. The van der Waals surface area contributed by atoms with Crippen LogP contribution in [0.15, 0.2) is 18.6 Å². The zero-order valence-electron chi connectivity index (χ0n) is 12.8. The first-order valence-corrected chi connectivity index (χ1v) is 6.91. The lowest BCUT2D eigenvalue weighted by Crippen LogP contribution is -2.32. The normalized spacial score (nSPS) is 12.4. The third-order valence-electron chi connectivity index (χ3n) is 3.13. The van der Waals surface area contributed by atoms with Crippen LogP contribution in [-0.2, 0) is 9.53 Å². The average Bonchev–Trinajstić information content (AvgIpc) is 2.93. The minimum absolute atomic E-state index is 0.301. The standard InChI is InChI=1S/C14H21N5O2/c1-9(2)7-10(14(20)21-4)17-12-13-16-5-6-19(13)8-11(15-3)18-12/h5-6,8-10,15H,7H2,1-4H3,(H,17,18). The zero-order valence-corrected chi connectivity index (χ0v) is 12.8. The summed E-state index contributed by atoms with van der Waals surface area (Å²) in [5.41, 5.74) is 0.673. The van der Waals surface area contributed by atoms with E-state index in [4.69, 9.17) is 4.74 Å². The van der Waals surface area contributed by atoms with Gasteiger partial charge in [-0.05, 0) is 12.3 Å². The van der Waals surface area contributed by atoms with Gasteiger partial charge in [0.25, 0.3) is 0 Å². The fourth-order valence-corrected chi connectivity index (χ4v) is 2.14. The number of nitrogens with zero attached hydrogens (tertiary/aromatic N) is 3. The molecule has 0 fully saturated rings. The molecule has 0 aliphatic carbocycles. The van der Waals surface area contributed by atoms with Crippen molar-refractivity contribution < 1.29 is 9.53 Å². The van der Waals surface area contributed by atoms with Crippen molar-refractivity contribution in [3.8, 4) is 0 Å². The highest BCUT2D eigenvalue weighted by Crippen LogP contribution is 2.19. The number of anilines is 2. The number of hydrogen-bond acceptors (Lipinski definition) is 6. The molecule has 1 atom stereocenters. The van der Waals surface area contributed by atoms with Crippen molar-refractivity contribution in [2.24, 2.45) is 5.92 Å². The lowest BCUT2D eigenvalue weighted by molar-refractivity contribution is -0.141. The Morgan fingerprint density at radius 3 is 2.86 bits per heavy atom. The van der Waals surface area contributed by atoms with Gasteiger partial charge in [0.05, 0.1) is 13.3 Å². The Hall–Kier alpha value is -2.31. The maximum atomic E-state index is 11.9. The first-order chi connectivity index (χ1) is 10.0. The highest BCUT2D eigenvalue weighted by Gasteiger charge is 2.22. The van der Waals surface area contributed by atoms with Gasteiger partial charge in [0, 0.05) is 19.4 Å². The molecule has 7 nitrogen and oxygen atoms in total. The number of carbonyl (C=O) groups excluding carboxylic acids is 1. The van der Waals surface area contributed by atoms with Crippen molar-refractivity contribution in [3.63, 3.8) is 0 Å². The molecule has 21 heavy (non-hydrogen) atoms. The van der Waals surface area contributed by atoms with Gasteiger partial charge in [-0.2, -0.15) is 0 Å². The van der Waals surface area contributed by atoms with Crippen LogP contribution in [0.4, 0.5) is 11.6 Å². The number of methoxy groups -OCH3 is 1. The summed E-state index contributed by atoms with van der Waals surface area (Å²) in [5, 5.41) is 6.15. The number of ether oxygens (including phenoxy) is 1. The Bertz CT molecular complexity index is 623. The van der Waals surface area contributed by atoms with Crippen molar-refractivity contribution in [2.45, 2.75) is 26.3 Å². The van der Waals surface area contributed by atoms with E-state index < -0.39 is 6.04 Å². The molecule has 2 heterocycles. The third-order valence-corrected chi connectivity index (χ3v) is 3.13. The summed E-state index contributed by atoms with van der Waals surface area (Å²) in [4.78, 5) is 20.6. The highest BCUT2D eigenvalue weighted by molar-refractivity contribution is 5.80. The van der Waals surface area contributed by atoms with E-state index >= 15 is 0 Å². The van der Waals surface area contributed by atoms with Gasteiger partial charge in [0.15, 0.2) is 11.5 Å². The first-order valence-electron chi connectivity index (χ1n) is 6.91. The summed E-state index contributed by atoms with van der Waals surface area (Å²) in [7, 11) is 3.18. The lowest BCUT2D eigenvalue weighted by atomic mass is 10.0. The number of fused-ring (bicyclic) bond motifs is 1. The highest BCUT2D eigenvalue weighted by atomic mass is 16.5. The van der Waals surface area contributed by atoms with Gasteiger partial charge < -0.3 is 19.8 Å². The van der Waals surface area contributed by atoms with Crippen LogP contribution in [0, 0.1) is 5.92 Å². The quantitative estimate of drug-likeness (QED) is 0.790. The molecule has 7 heteroatoms. The van der Waals surface area contributed by atoms with Gasteiger partial charge in [-0.15, -0.1) is 0 Å². The largest absolute Gasteiger partial charge is 0.467 e. The van der Waals surface area contributed by atoms with Crippen LogP contribution in [-0.4, -0.2) is 40.5 Å². The molecule has 2 aromatic heterocycles. The molecule has 0 saturated heterocycles. The van der Waals surface area contributed by atoms with Gasteiger partial charge in [0.1, 0.15) is 11.9 Å². The van der Waals surface area contributed by atoms with E-state index in [9.17, 15) is 4.79 Å². The molecule has 2 N–H and O–H groups in total. The average molecular weight is 291 g/mol. The molecule has 1 unspecified atom stereocenters. The maximum absolute atomic E-state index is 11.9. The molecule has 2 aromatic rings. The molecule has 0 aromatic carbocycles. The molecule has 0 saturated carbocycles. The molecule has 0 spiro atoms. The van der Waals surface area contributed by atoms with Crippen LogP contribution < -0.4 is 10.6 Å². The second-order valence-corrected chi connectivity index (χ2v) is 5.23. The Morgan fingerprint density at radius 2 is 2.24 bits per heavy atom. The molecule has 0 aliphatic heterocycles. The van der Waals surface area contributed by atoms with E-state index in [1.54, 1.807) is 13.2 Å². The number of rotatable bonds is 6. The smallest absolute Gasteiger partial charge is 0.328 e. The summed E-state index contributed by atoms with van der Waals surface area (Å²) in [5.74, 6) is 1.30. The number of esters is 1. The van der Waals surface area contributed by atoms with Crippen molar-refractivity contribution in [1.82, 2.24) is 14.4 Å². The van der Waals surface area contributed by atoms with E-state index in [0.717, 1.165) is 0 Å². The van der Waals surface area contributed by atoms with Gasteiger partial charge in [-0.3, -0.25) is 0 Å². The van der Waals surface area contributed by atoms with E-state index in [-0.39, 0.29) is 5.97 Å². The molecule has 0 radical (unpaired) electrons. The topological polar surface area (TPSA) is 80.5 Å². The SMILES string of the molecule is CNc1cn2ccnc2c(NC(CC(C)C)C(=O)OC)n1. The second-order valence-electron chi connectivity index (χ2n) is 5.23. The van der Waals surface area contributed by atoms with E-state index in [0.29, 0.717) is 29.6 Å². The van der Waals surface area contributed by atoms with Gasteiger partial charge in [-0.1, -0.05) is 13.8 Å². The molecular weight excluding hydrogens is 270 g/mol. The predicted octanol–water partition coefficient (Wildman–Crippen LogP) is 1.77. The van der Waals surface area contributed by atoms with Gasteiger partial charge in [0.2, 0.25) is 0 Å². The molecule has 0 bridgehead atoms. The molecule has 0 aliphatic rings. The first kappa shape index (κ1) is 15.1. The Morgan fingerprint density at radius 1 is 1.48 bits per heavy atom. The Balaban J connectivity index is 2.35. The molecular formula is C14H21N5O2. The van der Waals surface area contributed by atoms with Crippen molar-refractivity contribution >= 4 is 23.3 Å². The monoisotopic (exact) mass is 291 g/mol. The number of hydrogen-bond donors (Lipinski definition) is 2. The molecule has 0 amide bonds. The van der Waals surface area contributed by atoms with Gasteiger partial charge >= 0.3 is 5.97 Å². The number of imidazole rings is 1. The van der Waals surface area contributed by atoms with Crippen LogP contribution in [0.1, 0.15) is 20.3 Å². The van der Waals surface area contributed by atoms with Gasteiger partial charge in [-0.25, -0.2) is 14.8 Å². The summed E-state index contributed by atoms with van der Waals surface area (Å²) in [6, 6.07) is -0.449. The van der Waals surface area contributed by atoms with Crippen LogP contribution in [0.5, 0.6) is 0 Å². The number of nitrogens with one attached hydrogen (secondary N) is 2. The second kappa shape index (κ2) is 6.43. The number of aromatic nitrogens is 3. The van der Waals surface area contributed by atoms with E-state index in [2.05, 4.69) is 34.4 Å². The molecule has 114 valence electrons. The summed E-state index contributed by atoms with van der Waals surface area (Å²) in [6.45, 7) is 4.11. The van der Waals surface area contributed by atoms with Crippen molar-refractivity contribution in [1.29, 1.82) is 0 Å². The zero-order chi connectivity index (χ0) is 15.4. The van der Waals surface area contributed by atoms with Crippen molar-refractivity contribution in [2.75, 3.05) is 24.8 Å². The predicted molar refractivity (Wildman–Crippen MR) is 81.4 cm³/mol. The van der Waals surface area contributed by atoms with Crippen LogP contribution >= 0.6 is 0 Å². The molecule has 2 rings (SSSR count). The van der Waals surface area contributed by atoms with E-state index in [1.165, 1.54) is 7.11 Å². The minimum atomic E-state index is -0.449. The third kappa shape index (κ3) is 3.42. The van der Waals surface area contributed by atoms with Crippen molar-refractivity contribution in [3.05, 3.63) is 18.6 Å². The summed E-state index contributed by atoms with van der Waals surface area (Å²) in [6.07, 6.45) is 6.02. The summed E-state index contributed by atoms with van der Waals surface area (Å²) < 4.78 is 6.72. The Kier molecular flexibility index (Phi) is 4.62. The van der Waals surface area contributed by atoms with Crippen LogP contribution in [0.2, 0.25) is 0 Å². The minimum Gasteiger partial charge on any atom is -0.467 e. The fourth-order valence-electron chi connectivity index (χ4n) is 2.14. The van der Waals surface area contributed by atoms with Crippen LogP contribution in [0.25, 0.3) is 5.65 Å². The maximum Gasteiger partial charge on any atom is 0.328 e. The lowest BCUT2D eigenvalue weighted by Gasteiger charge is -2.19. The van der Waals surface area contributed by atoms with Crippen LogP contribution in [0.3, 0.4) is 0 Å². The Labute approximate surface area is 123 Å². The fraction of sp³-hybridized carbons (Fsp3) is 0.500. The van der Waals surface area contributed by atoms with E-state index in [1.807, 2.05) is 16.8 Å².